The van der Waals surface area contributed by atoms with Gasteiger partial charge in [0.05, 0.1) is 0 Å². The first-order valence-corrected chi connectivity index (χ1v) is 8.18. The molecule has 1 aromatic carbocycles. The Bertz CT molecular complexity index is 358. The standard InChI is InChI=1S/C14H18OS2/c1-11(10-12-6-3-2-4-7-12)13(15)14-16-8-5-9-17-14/h2-4,6-7,11,14H,5,8-10H2,1H3. The van der Waals surface area contributed by atoms with Gasteiger partial charge in [0.1, 0.15) is 4.58 Å². The summed E-state index contributed by atoms with van der Waals surface area (Å²) in [6.07, 6.45) is 2.11. The van der Waals surface area contributed by atoms with Crippen molar-refractivity contribution in [3.63, 3.8) is 0 Å². The first kappa shape index (κ1) is 13.0. The maximum absolute atomic E-state index is 12.3. The second-order valence-electron chi connectivity index (χ2n) is 4.42. The molecule has 0 aliphatic carbocycles. The van der Waals surface area contributed by atoms with E-state index >= 15 is 0 Å². The van der Waals surface area contributed by atoms with Gasteiger partial charge in [0.25, 0.3) is 0 Å². The summed E-state index contributed by atoms with van der Waals surface area (Å²) >= 11 is 3.65. The number of thioether (sulfide) groups is 2. The van der Waals surface area contributed by atoms with Crippen molar-refractivity contribution in [1.82, 2.24) is 0 Å². The maximum atomic E-state index is 12.3. The first-order valence-electron chi connectivity index (χ1n) is 6.08. The third kappa shape index (κ3) is 3.78. The van der Waals surface area contributed by atoms with E-state index in [-0.39, 0.29) is 10.5 Å². The van der Waals surface area contributed by atoms with E-state index in [2.05, 4.69) is 19.1 Å². The molecule has 1 nitrogen and oxygen atoms in total. The van der Waals surface area contributed by atoms with Gasteiger partial charge in [-0.05, 0) is 29.9 Å². The fraction of sp³-hybridized carbons (Fsp3) is 0.500. The molecule has 1 heterocycles. The van der Waals surface area contributed by atoms with Crippen LogP contribution in [0.25, 0.3) is 0 Å². The minimum absolute atomic E-state index is 0.139. The number of carbonyl (C=O) groups is 1. The van der Waals surface area contributed by atoms with E-state index in [1.165, 1.54) is 12.0 Å². The largest absolute Gasteiger partial charge is 0.297 e. The molecule has 1 aromatic rings. The number of benzene rings is 1. The minimum Gasteiger partial charge on any atom is -0.297 e. The molecular formula is C14H18OS2. The van der Waals surface area contributed by atoms with E-state index < -0.39 is 0 Å². The summed E-state index contributed by atoms with van der Waals surface area (Å²) in [7, 11) is 0. The summed E-state index contributed by atoms with van der Waals surface area (Å²) in [6, 6.07) is 10.3. The van der Waals surface area contributed by atoms with E-state index in [9.17, 15) is 4.79 Å². The van der Waals surface area contributed by atoms with Crippen molar-refractivity contribution in [1.29, 1.82) is 0 Å². The Hall–Kier alpha value is -0.410. The number of rotatable bonds is 4. The normalized spacial score (nSPS) is 18.9. The van der Waals surface area contributed by atoms with Gasteiger partial charge in [-0.2, -0.15) is 0 Å². The van der Waals surface area contributed by atoms with E-state index in [1.54, 1.807) is 0 Å². The first-order chi connectivity index (χ1) is 8.27. The zero-order chi connectivity index (χ0) is 12.1. The highest BCUT2D eigenvalue weighted by Gasteiger charge is 2.26. The van der Waals surface area contributed by atoms with E-state index in [0.717, 1.165) is 17.9 Å². The second-order valence-corrected chi connectivity index (χ2v) is 7.14. The SMILES string of the molecule is CC(Cc1ccccc1)C(=O)C1SCCCS1. The lowest BCUT2D eigenvalue weighted by Crippen LogP contribution is -2.25. The lowest BCUT2D eigenvalue weighted by molar-refractivity contribution is -0.120. The highest BCUT2D eigenvalue weighted by molar-refractivity contribution is 8.18. The Morgan fingerprint density at radius 3 is 2.59 bits per heavy atom. The van der Waals surface area contributed by atoms with Crippen molar-refractivity contribution < 1.29 is 4.79 Å². The zero-order valence-corrected chi connectivity index (χ0v) is 11.7. The summed E-state index contributed by atoms with van der Waals surface area (Å²) in [5.74, 6) is 2.84. The maximum Gasteiger partial charge on any atom is 0.158 e. The molecule has 1 aliphatic rings. The number of hydrogen-bond acceptors (Lipinski definition) is 3. The summed E-state index contributed by atoms with van der Waals surface area (Å²) < 4.78 is 0.183. The predicted molar refractivity (Wildman–Crippen MR) is 77.6 cm³/mol. The lowest BCUT2D eigenvalue weighted by Gasteiger charge is -2.22. The van der Waals surface area contributed by atoms with Crippen LogP contribution in [0.1, 0.15) is 18.9 Å². The van der Waals surface area contributed by atoms with Gasteiger partial charge in [0.2, 0.25) is 0 Å². The molecule has 3 heteroatoms. The zero-order valence-electron chi connectivity index (χ0n) is 10.1. The molecule has 1 aliphatic heterocycles. The van der Waals surface area contributed by atoms with Crippen LogP contribution in [0.15, 0.2) is 30.3 Å². The van der Waals surface area contributed by atoms with Gasteiger partial charge < -0.3 is 0 Å². The van der Waals surface area contributed by atoms with Crippen LogP contribution in [0.4, 0.5) is 0 Å². The van der Waals surface area contributed by atoms with Crippen LogP contribution in [0.5, 0.6) is 0 Å². The van der Waals surface area contributed by atoms with Gasteiger partial charge in [0, 0.05) is 5.92 Å². The van der Waals surface area contributed by atoms with E-state index in [4.69, 9.17) is 0 Å². The summed E-state index contributed by atoms with van der Waals surface area (Å²) in [5, 5.41) is 0. The smallest absolute Gasteiger partial charge is 0.158 e. The van der Waals surface area contributed by atoms with Crippen LogP contribution in [0.3, 0.4) is 0 Å². The molecule has 1 saturated heterocycles. The minimum atomic E-state index is 0.139. The van der Waals surface area contributed by atoms with Crippen LogP contribution in [-0.4, -0.2) is 21.9 Å². The molecule has 0 amide bonds. The number of carbonyl (C=O) groups excluding carboxylic acids is 1. The van der Waals surface area contributed by atoms with Crippen LogP contribution in [-0.2, 0) is 11.2 Å². The Morgan fingerprint density at radius 2 is 1.94 bits per heavy atom. The van der Waals surface area contributed by atoms with Crippen LogP contribution < -0.4 is 0 Å². The van der Waals surface area contributed by atoms with Crippen molar-refractivity contribution in [3.8, 4) is 0 Å². The van der Waals surface area contributed by atoms with E-state index in [1.807, 2.05) is 41.7 Å². The average Bonchev–Trinajstić information content (AvgIpc) is 2.40. The molecule has 0 bridgehead atoms. The van der Waals surface area contributed by atoms with Crippen molar-refractivity contribution in [2.45, 2.75) is 24.3 Å². The molecule has 1 unspecified atom stereocenters. The second kappa shape index (κ2) is 6.50. The predicted octanol–water partition coefficient (Wildman–Crippen LogP) is 3.63. The monoisotopic (exact) mass is 266 g/mol. The molecule has 0 spiro atoms. The average molecular weight is 266 g/mol. The van der Waals surface area contributed by atoms with Crippen molar-refractivity contribution in [2.75, 3.05) is 11.5 Å². The highest BCUT2D eigenvalue weighted by Crippen LogP contribution is 2.33. The van der Waals surface area contributed by atoms with Gasteiger partial charge in [-0.1, -0.05) is 37.3 Å². The molecule has 0 N–H and O–H groups in total. The molecule has 1 atom stereocenters. The van der Waals surface area contributed by atoms with Gasteiger partial charge in [-0.15, -0.1) is 23.5 Å². The van der Waals surface area contributed by atoms with Crippen LogP contribution in [0, 0.1) is 5.92 Å². The van der Waals surface area contributed by atoms with Crippen molar-refractivity contribution in [2.24, 2.45) is 5.92 Å². The van der Waals surface area contributed by atoms with Crippen molar-refractivity contribution in [3.05, 3.63) is 35.9 Å². The molecule has 1 fully saturated rings. The summed E-state index contributed by atoms with van der Waals surface area (Å²) in [6.45, 7) is 2.06. The van der Waals surface area contributed by atoms with Gasteiger partial charge in [0.15, 0.2) is 5.78 Å². The van der Waals surface area contributed by atoms with Crippen LogP contribution in [0.2, 0.25) is 0 Å². The Kier molecular flexibility index (Phi) is 4.99. The Morgan fingerprint density at radius 1 is 1.29 bits per heavy atom. The molecule has 0 saturated carbocycles. The van der Waals surface area contributed by atoms with Gasteiger partial charge in [-0.3, -0.25) is 4.79 Å². The fourth-order valence-electron chi connectivity index (χ4n) is 1.95. The fourth-order valence-corrected chi connectivity index (χ4v) is 4.94. The van der Waals surface area contributed by atoms with Crippen LogP contribution >= 0.6 is 23.5 Å². The molecule has 2 rings (SSSR count). The third-order valence-corrected chi connectivity index (χ3v) is 5.87. The Balaban J connectivity index is 1.90. The number of ketones is 1. The third-order valence-electron chi connectivity index (χ3n) is 2.93. The summed E-state index contributed by atoms with van der Waals surface area (Å²) in [4.78, 5) is 12.3. The molecular weight excluding hydrogens is 248 g/mol. The molecule has 92 valence electrons. The van der Waals surface area contributed by atoms with E-state index in [0.29, 0.717) is 5.78 Å². The molecule has 0 aromatic heterocycles. The molecule has 17 heavy (non-hydrogen) atoms. The lowest BCUT2D eigenvalue weighted by atomic mass is 9.98. The van der Waals surface area contributed by atoms with Gasteiger partial charge >= 0.3 is 0 Å². The van der Waals surface area contributed by atoms with Crippen molar-refractivity contribution >= 4 is 29.3 Å². The molecule has 0 radical (unpaired) electrons. The highest BCUT2D eigenvalue weighted by atomic mass is 32.2. The number of hydrogen-bond donors (Lipinski definition) is 0. The number of Topliss-reactive ketones (excluding diaryl/α,β-unsaturated/α-hetero) is 1. The summed E-state index contributed by atoms with van der Waals surface area (Å²) in [5.41, 5.74) is 1.26. The Labute approximate surface area is 112 Å². The topological polar surface area (TPSA) is 17.1 Å². The van der Waals surface area contributed by atoms with Gasteiger partial charge in [-0.25, -0.2) is 0 Å². The quantitative estimate of drug-likeness (QED) is 0.828.